The van der Waals surface area contributed by atoms with E-state index in [2.05, 4.69) is 9.72 Å². The number of carbonyl (C=O) groups excluding carboxylic acids is 1. The van der Waals surface area contributed by atoms with Crippen LogP contribution in [0.15, 0.2) is 18.3 Å². The quantitative estimate of drug-likeness (QED) is 0.751. The summed E-state index contributed by atoms with van der Waals surface area (Å²) in [6.45, 7) is 0. The predicted molar refractivity (Wildman–Crippen MR) is 52.5 cm³/mol. The molecule has 2 rings (SSSR count). The standard InChI is InChI=1S/C11H10F3NO2/c1-17-9(16)7-2-5-15-8(6-7)10(3-4-10)11(12,13)14/h2,5-6H,3-4H2,1H3. The Kier molecular flexibility index (Phi) is 2.60. The van der Waals surface area contributed by atoms with E-state index in [9.17, 15) is 18.0 Å². The average Bonchev–Trinajstić information content (AvgIpc) is 3.08. The van der Waals surface area contributed by atoms with E-state index in [0.29, 0.717) is 0 Å². The lowest BCUT2D eigenvalue weighted by Crippen LogP contribution is -2.29. The number of aromatic nitrogens is 1. The van der Waals surface area contributed by atoms with Crippen molar-refractivity contribution in [3.8, 4) is 0 Å². The number of carbonyl (C=O) groups is 1. The van der Waals surface area contributed by atoms with Crippen LogP contribution >= 0.6 is 0 Å². The van der Waals surface area contributed by atoms with Gasteiger partial charge in [-0.3, -0.25) is 4.98 Å². The summed E-state index contributed by atoms with van der Waals surface area (Å²) in [5.41, 5.74) is -1.88. The molecule has 3 nitrogen and oxygen atoms in total. The maximum atomic E-state index is 12.8. The van der Waals surface area contributed by atoms with Crippen molar-refractivity contribution in [1.82, 2.24) is 4.98 Å². The van der Waals surface area contributed by atoms with E-state index in [1.807, 2.05) is 0 Å². The maximum Gasteiger partial charge on any atom is 0.399 e. The molecule has 1 aromatic heterocycles. The van der Waals surface area contributed by atoms with Gasteiger partial charge in [0, 0.05) is 6.20 Å². The number of ether oxygens (including phenoxy) is 1. The number of alkyl halides is 3. The van der Waals surface area contributed by atoms with Gasteiger partial charge in [0.25, 0.3) is 0 Å². The highest BCUT2D eigenvalue weighted by Gasteiger charge is 2.65. The van der Waals surface area contributed by atoms with Crippen LogP contribution in [0, 0.1) is 0 Å². The summed E-state index contributed by atoms with van der Waals surface area (Å²) >= 11 is 0. The van der Waals surface area contributed by atoms with Gasteiger partial charge in [0.05, 0.1) is 18.4 Å². The number of pyridine rings is 1. The van der Waals surface area contributed by atoms with Gasteiger partial charge in [-0.05, 0) is 25.0 Å². The largest absolute Gasteiger partial charge is 0.465 e. The van der Waals surface area contributed by atoms with Crippen molar-refractivity contribution in [2.24, 2.45) is 0 Å². The second kappa shape index (κ2) is 3.72. The van der Waals surface area contributed by atoms with Gasteiger partial charge in [-0.25, -0.2) is 4.79 Å². The van der Waals surface area contributed by atoms with Crippen molar-refractivity contribution in [2.45, 2.75) is 24.4 Å². The number of hydrogen-bond acceptors (Lipinski definition) is 3. The molecule has 0 spiro atoms. The summed E-state index contributed by atoms with van der Waals surface area (Å²) in [5.74, 6) is -0.661. The number of nitrogens with zero attached hydrogens (tertiary/aromatic N) is 1. The zero-order valence-electron chi connectivity index (χ0n) is 9.04. The normalized spacial score (nSPS) is 17.6. The molecular formula is C11H10F3NO2. The molecule has 6 heteroatoms. The van der Waals surface area contributed by atoms with Crippen LogP contribution in [0.1, 0.15) is 28.9 Å². The lowest BCUT2D eigenvalue weighted by atomic mass is 9.99. The van der Waals surface area contributed by atoms with Crippen LogP contribution in [0.3, 0.4) is 0 Å². The Morgan fingerprint density at radius 2 is 2.12 bits per heavy atom. The Morgan fingerprint density at radius 1 is 1.47 bits per heavy atom. The minimum atomic E-state index is -4.32. The first kappa shape index (κ1) is 11.9. The van der Waals surface area contributed by atoms with E-state index in [4.69, 9.17) is 0 Å². The van der Waals surface area contributed by atoms with E-state index in [-0.39, 0.29) is 24.1 Å². The van der Waals surface area contributed by atoms with E-state index in [0.717, 1.165) is 6.07 Å². The molecule has 1 heterocycles. The van der Waals surface area contributed by atoms with Gasteiger partial charge in [-0.2, -0.15) is 13.2 Å². The molecule has 1 aromatic rings. The lowest BCUT2D eigenvalue weighted by molar-refractivity contribution is -0.161. The fourth-order valence-corrected chi connectivity index (χ4v) is 1.75. The van der Waals surface area contributed by atoms with Gasteiger partial charge in [0.1, 0.15) is 5.41 Å². The number of halogens is 3. The van der Waals surface area contributed by atoms with Crippen molar-refractivity contribution in [3.05, 3.63) is 29.6 Å². The predicted octanol–water partition coefficient (Wildman–Crippen LogP) is 2.46. The molecule has 1 aliphatic rings. The Morgan fingerprint density at radius 3 is 2.59 bits per heavy atom. The van der Waals surface area contributed by atoms with Gasteiger partial charge < -0.3 is 4.74 Å². The van der Waals surface area contributed by atoms with Crippen LogP contribution in [-0.4, -0.2) is 24.2 Å². The molecule has 1 saturated carbocycles. The number of esters is 1. The molecule has 0 aromatic carbocycles. The Hall–Kier alpha value is -1.59. The van der Waals surface area contributed by atoms with Gasteiger partial charge in [0.15, 0.2) is 0 Å². The third kappa shape index (κ3) is 1.87. The summed E-state index contributed by atoms with van der Waals surface area (Å²) in [5, 5.41) is 0. The average molecular weight is 245 g/mol. The van der Waals surface area contributed by atoms with E-state index >= 15 is 0 Å². The molecule has 0 bridgehead atoms. The van der Waals surface area contributed by atoms with E-state index in [1.54, 1.807) is 0 Å². The molecule has 0 saturated heterocycles. The number of methoxy groups -OCH3 is 1. The number of hydrogen-bond donors (Lipinski definition) is 0. The van der Waals surface area contributed by atoms with E-state index in [1.165, 1.54) is 19.4 Å². The molecule has 17 heavy (non-hydrogen) atoms. The van der Waals surface area contributed by atoms with Gasteiger partial charge in [0.2, 0.25) is 0 Å². The summed E-state index contributed by atoms with van der Waals surface area (Å²) in [7, 11) is 1.18. The zero-order valence-corrected chi connectivity index (χ0v) is 9.04. The molecule has 0 aliphatic heterocycles. The first-order valence-corrected chi connectivity index (χ1v) is 5.02. The summed E-state index contributed by atoms with van der Waals surface area (Å²) in [6.07, 6.45) is -3.08. The second-order valence-corrected chi connectivity index (χ2v) is 4.00. The van der Waals surface area contributed by atoms with Gasteiger partial charge >= 0.3 is 12.1 Å². The van der Waals surface area contributed by atoms with Crippen LogP contribution in [-0.2, 0) is 10.2 Å². The van der Waals surface area contributed by atoms with Crippen LogP contribution in [0.2, 0.25) is 0 Å². The third-order valence-electron chi connectivity index (χ3n) is 2.96. The molecule has 0 N–H and O–H groups in total. The van der Waals surface area contributed by atoms with Gasteiger partial charge in [-0.15, -0.1) is 0 Å². The van der Waals surface area contributed by atoms with Crippen molar-refractivity contribution in [1.29, 1.82) is 0 Å². The monoisotopic (exact) mass is 245 g/mol. The van der Waals surface area contributed by atoms with Crippen molar-refractivity contribution in [3.63, 3.8) is 0 Å². The maximum absolute atomic E-state index is 12.8. The Bertz CT molecular complexity index is 452. The van der Waals surface area contributed by atoms with Crippen LogP contribution < -0.4 is 0 Å². The Balaban J connectivity index is 2.38. The SMILES string of the molecule is COC(=O)c1ccnc(C2(C(F)(F)F)CC2)c1. The molecule has 0 unspecified atom stereocenters. The molecule has 0 radical (unpaired) electrons. The molecule has 0 amide bonds. The Labute approximate surface area is 95.6 Å². The highest BCUT2D eigenvalue weighted by atomic mass is 19.4. The highest BCUT2D eigenvalue weighted by molar-refractivity contribution is 5.89. The first-order valence-electron chi connectivity index (χ1n) is 5.02. The fraction of sp³-hybridized carbons (Fsp3) is 0.455. The minimum absolute atomic E-state index is 0.0220. The molecule has 0 atom stereocenters. The fourth-order valence-electron chi connectivity index (χ4n) is 1.75. The van der Waals surface area contributed by atoms with Crippen molar-refractivity contribution in [2.75, 3.05) is 7.11 Å². The molecular weight excluding hydrogens is 235 g/mol. The molecule has 1 aliphatic carbocycles. The van der Waals surface area contributed by atoms with E-state index < -0.39 is 17.6 Å². The second-order valence-electron chi connectivity index (χ2n) is 4.00. The first-order chi connectivity index (χ1) is 7.90. The summed E-state index contributed by atoms with van der Waals surface area (Å²) in [4.78, 5) is 15.0. The topological polar surface area (TPSA) is 39.2 Å². The van der Waals surface area contributed by atoms with Crippen LogP contribution in [0.4, 0.5) is 13.2 Å². The third-order valence-corrected chi connectivity index (χ3v) is 2.96. The van der Waals surface area contributed by atoms with Crippen molar-refractivity contribution < 1.29 is 22.7 Å². The summed E-state index contributed by atoms with van der Waals surface area (Å²) < 4.78 is 43.0. The molecule has 1 fully saturated rings. The van der Waals surface area contributed by atoms with Gasteiger partial charge in [-0.1, -0.05) is 0 Å². The lowest BCUT2D eigenvalue weighted by Gasteiger charge is -2.18. The zero-order chi connectivity index (χ0) is 12.7. The minimum Gasteiger partial charge on any atom is -0.465 e. The molecule has 92 valence electrons. The number of rotatable bonds is 2. The van der Waals surface area contributed by atoms with Crippen LogP contribution in [0.5, 0.6) is 0 Å². The van der Waals surface area contributed by atoms with Crippen molar-refractivity contribution >= 4 is 5.97 Å². The highest BCUT2D eigenvalue weighted by Crippen LogP contribution is 2.58. The smallest absolute Gasteiger partial charge is 0.399 e. The van der Waals surface area contributed by atoms with Crippen LogP contribution in [0.25, 0.3) is 0 Å². The summed E-state index contributed by atoms with van der Waals surface area (Å²) in [6, 6.07) is 2.49.